The molecule has 110 valence electrons. The van der Waals surface area contributed by atoms with E-state index < -0.39 is 28.8 Å². The van der Waals surface area contributed by atoms with E-state index in [4.69, 9.17) is 0 Å². The zero-order chi connectivity index (χ0) is 14.8. The van der Waals surface area contributed by atoms with Gasteiger partial charge >= 0.3 is 5.97 Å². The van der Waals surface area contributed by atoms with Gasteiger partial charge in [-0.1, -0.05) is 12.8 Å². The van der Waals surface area contributed by atoms with Crippen molar-refractivity contribution in [2.24, 2.45) is 0 Å². The van der Waals surface area contributed by atoms with Crippen LogP contribution in [0.3, 0.4) is 0 Å². The van der Waals surface area contributed by atoms with Crippen molar-refractivity contribution in [3.63, 3.8) is 0 Å². The number of carbonyl (C=O) groups is 1. The first-order chi connectivity index (χ1) is 9.47. The lowest BCUT2D eigenvalue weighted by Gasteiger charge is -2.23. The number of carbonyl (C=O) groups excluding carboxylic acids is 1. The molecule has 0 aromatic heterocycles. The maximum absolute atomic E-state index is 13.8. The third-order valence-electron chi connectivity index (χ3n) is 3.63. The van der Waals surface area contributed by atoms with Gasteiger partial charge in [0, 0.05) is 6.54 Å². The number of ether oxygens (including phenoxy) is 1. The summed E-state index contributed by atoms with van der Waals surface area (Å²) in [7, 11) is 1.10. The van der Waals surface area contributed by atoms with Gasteiger partial charge in [0.25, 0.3) is 0 Å². The van der Waals surface area contributed by atoms with Crippen LogP contribution in [0.1, 0.15) is 36.0 Å². The van der Waals surface area contributed by atoms with E-state index in [1.807, 2.05) is 0 Å². The second kappa shape index (κ2) is 5.75. The molecule has 1 aliphatic rings. The molecule has 1 aromatic carbocycles. The zero-order valence-electron chi connectivity index (χ0n) is 11.2. The lowest BCUT2D eigenvalue weighted by molar-refractivity contribution is 0.0590. The van der Waals surface area contributed by atoms with E-state index in [0.717, 1.165) is 26.0 Å². The summed E-state index contributed by atoms with van der Waals surface area (Å²) in [4.78, 5) is 11.2. The molecule has 0 amide bonds. The van der Waals surface area contributed by atoms with Crippen molar-refractivity contribution in [3.05, 3.63) is 29.3 Å². The van der Waals surface area contributed by atoms with Crippen molar-refractivity contribution in [2.45, 2.75) is 31.3 Å². The Morgan fingerprint density at radius 2 is 2.00 bits per heavy atom. The Balaban J connectivity index is 2.13. The molecule has 0 atom stereocenters. The highest BCUT2D eigenvalue weighted by Crippen LogP contribution is 2.30. The van der Waals surface area contributed by atoms with Gasteiger partial charge in [-0.15, -0.1) is 0 Å². The van der Waals surface area contributed by atoms with Crippen LogP contribution in [0.4, 0.5) is 14.5 Å². The summed E-state index contributed by atoms with van der Waals surface area (Å²) in [6, 6.07) is 2.42. The van der Waals surface area contributed by atoms with Crippen LogP contribution in [-0.4, -0.2) is 30.3 Å². The molecule has 20 heavy (non-hydrogen) atoms. The summed E-state index contributed by atoms with van der Waals surface area (Å²) >= 11 is 0. The highest BCUT2D eigenvalue weighted by atomic mass is 19.2. The monoisotopic (exact) mass is 285 g/mol. The van der Waals surface area contributed by atoms with Crippen LogP contribution in [0.5, 0.6) is 0 Å². The average molecular weight is 285 g/mol. The maximum Gasteiger partial charge on any atom is 0.340 e. The van der Waals surface area contributed by atoms with Crippen LogP contribution in [-0.2, 0) is 4.74 Å². The molecular formula is C14H17F2NO3. The summed E-state index contributed by atoms with van der Waals surface area (Å²) in [5, 5.41) is 12.8. The Labute approximate surface area is 115 Å². The maximum atomic E-state index is 13.8. The van der Waals surface area contributed by atoms with Crippen LogP contribution in [0.2, 0.25) is 0 Å². The molecule has 0 aliphatic heterocycles. The first-order valence-corrected chi connectivity index (χ1v) is 6.49. The lowest BCUT2D eigenvalue weighted by Crippen LogP contribution is -2.33. The normalized spacial score (nSPS) is 17.0. The van der Waals surface area contributed by atoms with Crippen LogP contribution in [0.25, 0.3) is 0 Å². The minimum atomic E-state index is -1.25. The van der Waals surface area contributed by atoms with Gasteiger partial charge in [0.1, 0.15) is 0 Å². The number of nitrogens with one attached hydrogen (secondary N) is 1. The number of anilines is 1. The number of esters is 1. The fourth-order valence-corrected chi connectivity index (χ4v) is 2.42. The molecule has 4 nitrogen and oxygen atoms in total. The second-order valence-corrected chi connectivity index (χ2v) is 5.07. The number of halogens is 2. The van der Waals surface area contributed by atoms with Gasteiger partial charge in [0.2, 0.25) is 0 Å². The summed E-state index contributed by atoms with van der Waals surface area (Å²) in [6.07, 6.45) is 3.14. The van der Waals surface area contributed by atoms with E-state index in [1.165, 1.54) is 6.07 Å². The highest BCUT2D eigenvalue weighted by Gasteiger charge is 2.31. The number of hydrogen-bond donors (Lipinski definition) is 2. The number of aliphatic hydroxyl groups is 1. The lowest BCUT2D eigenvalue weighted by atomic mass is 10.0. The molecule has 0 radical (unpaired) electrons. The number of rotatable bonds is 4. The molecule has 1 aromatic rings. The highest BCUT2D eigenvalue weighted by molar-refractivity contribution is 5.90. The van der Waals surface area contributed by atoms with Crippen molar-refractivity contribution in [2.75, 3.05) is 19.0 Å². The van der Waals surface area contributed by atoms with Gasteiger partial charge in [0.05, 0.1) is 24.0 Å². The van der Waals surface area contributed by atoms with Crippen LogP contribution in [0, 0.1) is 11.6 Å². The molecule has 1 aliphatic carbocycles. The summed E-state index contributed by atoms with van der Waals surface area (Å²) in [6.45, 7) is 0.154. The van der Waals surface area contributed by atoms with Gasteiger partial charge in [-0.3, -0.25) is 0 Å². The van der Waals surface area contributed by atoms with Gasteiger partial charge < -0.3 is 15.2 Å². The molecule has 6 heteroatoms. The van der Waals surface area contributed by atoms with Crippen molar-refractivity contribution >= 4 is 11.7 Å². The third kappa shape index (κ3) is 2.90. The fraction of sp³-hybridized carbons (Fsp3) is 0.500. The van der Waals surface area contributed by atoms with Gasteiger partial charge in [-0.25, -0.2) is 13.6 Å². The largest absolute Gasteiger partial charge is 0.465 e. The van der Waals surface area contributed by atoms with Crippen LogP contribution >= 0.6 is 0 Å². The Kier molecular flexibility index (Phi) is 4.23. The molecule has 1 fully saturated rings. The Morgan fingerprint density at radius 3 is 2.60 bits per heavy atom. The quantitative estimate of drug-likeness (QED) is 0.834. The minimum Gasteiger partial charge on any atom is -0.465 e. The van der Waals surface area contributed by atoms with Crippen molar-refractivity contribution in [1.29, 1.82) is 0 Å². The average Bonchev–Trinajstić information content (AvgIpc) is 2.87. The summed E-state index contributed by atoms with van der Waals surface area (Å²) in [5.74, 6) is -3.32. The minimum absolute atomic E-state index is 0.0736. The standard InChI is InChI=1S/C14H17F2NO3/c1-20-13(18)9-4-5-10(12(16)11(9)15)17-8-14(19)6-2-3-7-14/h4-5,17,19H,2-3,6-8H2,1H3. The fourth-order valence-electron chi connectivity index (χ4n) is 2.42. The predicted molar refractivity (Wildman–Crippen MR) is 69.6 cm³/mol. The van der Waals surface area contributed by atoms with E-state index in [-0.39, 0.29) is 12.2 Å². The summed E-state index contributed by atoms with van der Waals surface area (Å²) < 4.78 is 31.9. The first kappa shape index (κ1) is 14.7. The SMILES string of the molecule is COC(=O)c1ccc(NCC2(O)CCCC2)c(F)c1F. The summed E-state index contributed by atoms with van der Waals surface area (Å²) in [5.41, 5.74) is -1.39. The van der Waals surface area contributed by atoms with Gasteiger partial charge in [-0.05, 0) is 25.0 Å². The van der Waals surface area contributed by atoms with Gasteiger partial charge in [0.15, 0.2) is 11.6 Å². The number of methoxy groups -OCH3 is 1. The zero-order valence-corrected chi connectivity index (χ0v) is 11.2. The smallest absolute Gasteiger partial charge is 0.340 e. The first-order valence-electron chi connectivity index (χ1n) is 6.49. The molecular weight excluding hydrogens is 268 g/mol. The molecule has 2 rings (SSSR count). The van der Waals surface area contributed by atoms with E-state index in [1.54, 1.807) is 0 Å². The molecule has 2 N–H and O–H groups in total. The van der Waals surface area contributed by atoms with Crippen LogP contribution < -0.4 is 5.32 Å². The molecule has 0 saturated heterocycles. The van der Waals surface area contributed by atoms with Gasteiger partial charge in [-0.2, -0.15) is 0 Å². The molecule has 0 bridgehead atoms. The Morgan fingerprint density at radius 1 is 1.35 bits per heavy atom. The molecule has 0 heterocycles. The molecule has 1 saturated carbocycles. The number of benzene rings is 1. The topological polar surface area (TPSA) is 58.6 Å². The second-order valence-electron chi connectivity index (χ2n) is 5.07. The van der Waals surface area contributed by atoms with Crippen LogP contribution in [0.15, 0.2) is 12.1 Å². The van der Waals surface area contributed by atoms with E-state index in [9.17, 15) is 18.7 Å². The van der Waals surface area contributed by atoms with Crippen molar-refractivity contribution in [3.8, 4) is 0 Å². The van der Waals surface area contributed by atoms with Crippen molar-refractivity contribution < 1.29 is 23.4 Å². The Bertz CT molecular complexity index is 513. The van der Waals surface area contributed by atoms with E-state index >= 15 is 0 Å². The van der Waals surface area contributed by atoms with Crippen molar-refractivity contribution in [1.82, 2.24) is 0 Å². The molecule has 0 unspecified atom stereocenters. The number of hydrogen-bond acceptors (Lipinski definition) is 4. The van der Waals surface area contributed by atoms with E-state index in [2.05, 4.69) is 10.1 Å². The molecule has 0 spiro atoms. The van der Waals surface area contributed by atoms with E-state index in [0.29, 0.717) is 12.8 Å². The predicted octanol–water partition coefficient (Wildman–Crippen LogP) is 2.47. The Hall–Kier alpha value is -1.69. The third-order valence-corrected chi connectivity index (χ3v) is 3.63.